The molecule has 0 saturated heterocycles. The van der Waals surface area contributed by atoms with E-state index in [2.05, 4.69) is 9.48 Å². The first-order valence-electron chi connectivity index (χ1n) is 5.49. The fourth-order valence-corrected chi connectivity index (χ4v) is 2.80. The Morgan fingerprint density at radius 3 is 3.00 bits per heavy atom. The van der Waals surface area contributed by atoms with E-state index in [-0.39, 0.29) is 5.78 Å². The number of hydrogen-bond donors (Lipinski definition) is 0. The molecule has 0 spiro atoms. The van der Waals surface area contributed by atoms with Crippen LogP contribution in [-0.2, 0) is 6.42 Å². The van der Waals surface area contributed by atoms with Gasteiger partial charge in [0.15, 0.2) is 11.8 Å². The molecular formula is C12H14N2O2S. The number of rotatable bonds is 3. The van der Waals surface area contributed by atoms with Crippen molar-refractivity contribution in [3.05, 3.63) is 34.2 Å². The van der Waals surface area contributed by atoms with Gasteiger partial charge in [0, 0.05) is 24.1 Å². The molecule has 1 aliphatic heterocycles. The molecule has 0 radical (unpaired) electrons. The van der Waals surface area contributed by atoms with Crippen LogP contribution in [0, 0.1) is 4.91 Å². The first-order valence-corrected chi connectivity index (χ1v) is 6.44. The zero-order valence-electron chi connectivity index (χ0n) is 9.84. The van der Waals surface area contributed by atoms with Crippen molar-refractivity contribution in [2.45, 2.75) is 19.4 Å². The van der Waals surface area contributed by atoms with Gasteiger partial charge in [0.1, 0.15) is 0 Å². The summed E-state index contributed by atoms with van der Waals surface area (Å²) >= 11 is 1.77. The summed E-state index contributed by atoms with van der Waals surface area (Å²) in [6.45, 7) is 1.52. The number of fused-ring (bicyclic) bond motifs is 1. The second-order valence-electron chi connectivity index (χ2n) is 4.07. The molecule has 1 aliphatic rings. The smallest absolute Gasteiger partial charge is 0.190 e. The van der Waals surface area contributed by atoms with Gasteiger partial charge in [0.25, 0.3) is 0 Å². The van der Waals surface area contributed by atoms with Gasteiger partial charge < -0.3 is 4.31 Å². The van der Waals surface area contributed by atoms with Crippen LogP contribution in [0.25, 0.3) is 0 Å². The summed E-state index contributed by atoms with van der Waals surface area (Å²) in [4.78, 5) is 22.2. The standard InChI is InChI=1S/C12H14N2O2S/c1-8(13-16)12(15)10-3-4-11-9(7-10)5-6-17-14(11)2/h3-4,7-8H,5-6H2,1-2H3. The summed E-state index contributed by atoms with van der Waals surface area (Å²) in [5, 5.41) is 2.78. The van der Waals surface area contributed by atoms with Gasteiger partial charge in [-0.05, 0) is 49.1 Å². The highest BCUT2D eigenvalue weighted by Crippen LogP contribution is 2.32. The molecule has 0 fully saturated rings. The lowest BCUT2D eigenvalue weighted by molar-refractivity contribution is 0.0968. The minimum absolute atomic E-state index is 0.205. The van der Waals surface area contributed by atoms with Crippen molar-refractivity contribution in [2.75, 3.05) is 17.1 Å². The molecule has 1 heterocycles. The van der Waals surface area contributed by atoms with Crippen molar-refractivity contribution < 1.29 is 4.79 Å². The van der Waals surface area contributed by atoms with Gasteiger partial charge in [0.2, 0.25) is 0 Å². The van der Waals surface area contributed by atoms with E-state index < -0.39 is 6.04 Å². The first kappa shape index (κ1) is 12.1. The van der Waals surface area contributed by atoms with Crippen molar-refractivity contribution in [1.82, 2.24) is 0 Å². The second kappa shape index (κ2) is 4.87. The summed E-state index contributed by atoms with van der Waals surface area (Å²) in [5.41, 5.74) is 2.89. The third kappa shape index (κ3) is 2.34. The van der Waals surface area contributed by atoms with Gasteiger partial charge in [-0.25, -0.2) is 0 Å². The van der Waals surface area contributed by atoms with Gasteiger partial charge in [-0.1, -0.05) is 5.18 Å². The topological polar surface area (TPSA) is 49.7 Å². The van der Waals surface area contributed by atoms with Gasteiger partial charge in [0.05, 0.1) is 0 Å². The highest BCUT2D eigenvalue weighted by molar-refractivity contribution is 8.00. The summed E-state index contributed by atoms with van der Waals surface area (Å²) in [6, 6.07) is 4.79. The number of ketones is 1. The Morgan fingerprint density at radius 2 is 2.29 bits per heavy atom. The molecule has 4 nitrogen and oxygen atoms in total. The van der Waals surface area contributed by atoms with Gasteiger partial charge in [-0.2, -0.15) is 4.91 Å². The van der Waals surface area contributed by atoms with Crippen LogP contribution in [0.3, 0.4) is 0 Å². The largest absolute Gasteiger partial charge is 0.319 e. The molecule has 2 rings (SSSR count). The molecule has 1 unspecified atom stereocenters. The van der Waals surface area contributed by atoms with E-state index in [0.717, 1.165) is 23.4 Å². The van der Waals surface area contributed by atoms with Crippen molar-refractivity contribution >= 4 is 23.4 Å². The molecule has 1 atom stereocenters. The number of hydrogen-bond acceptors (Lipinski definition) is 5. The van der Waals surface area contributed by atoms with Crippen molar-refractivity contribution in [2.24, 2.45) is 5.18 Å². The highest BCUT2D eigenvalue weighted by atomic mass is 32.2. The Hall–Kier alpha value is -1.36. The summed E-state index contributed by atoms with van der Waals surface area (Å²) in [5.74, 6) is 0.812. The van der Waals surface area contributed by atoms with E-state index in [1.54, 1.807) is 18.0 Å². The Bertz CT molecular complexity index is 462. The number of Topliss-reactive ketones (excluding diaryl/α,β-unsaturated/α-hetero) is 1. The quantitative estimate of drug-likeness (QED) is 0.470. The fourth-order valence-electron chi connectivity index (χ4n) is 1.90. The van der Waals surface area contributed by atoms with E-state index >= 15 is 0 Å². The number of benzene rings is 1. The SMILES string of the molecule is CC(N=O)C(=O)c1ccc2c(c1)CCSN2C. The van der Waals surface area contributed by atoms with Crippen LogP contribution in [-0.4, -0.2) is 24.6 Å². The maximum atomic E-state index is 11.8. The minimum atomic E-state index is -0.802. The summed E-state index contributed by atoms with van der Waals surface area (Å²) in [6.07, 6.45) is 0.953. The monoisotopic (exact) mass is 250 g/mol. The lowest BCUT2D eigenvalue weighted by Crippen LogP contribution is -2.18. The van der Waals surface area contributed by atoms with Crippen LogP contribution in [0.15, 0.2) is 23.4 Å². The molecule has 0 aromatic heterocycles. The Kier molecular flexibility index (Phi) is 3.47. The van der Waals surface area contributed by atoms with Crippen LogP contribution in [0.4, 0.5) is 5.69 Å². The number of aryl methyl sites for hydroxylation is 1. The number of carbonyl (C=O) groups excluding carboxylic acids is 1. The first-order chi connectivity index (χ1) is 8.13. The van der Waals surface area contributed by atoms with E-state index in [4.69, 9.17) is 0 Å². The molecule has 5 heteroatoms. The summed E-state index contributed by atoms with van der Waals surface area (Å²) in [7, 11) is 2.01. The normalized spacial score (nSPS) is 16.2. The lowest BCUT2D eigenvalue weighted by atomic mass is 10.0. The Balaban J connectivity index is 2.33. The van der Waals surface area contributed by atoms with Crippen LogP contribution in [0.5, 0.6) is 0 Å². The average molecular weight is 250 g/mol. The van der Waals surface area contributed by atoms with E-state index in [9.17, 15) is 9.70 Å². The van der Waals surface area contributed by atoms with E-state index in [0.29, 0.717) is 5.56 Å². The van der Waals surface area contributed by atoms with Crippen LogP contribution in [0.2, 0.25) is 0 Å². The molecule has 17 heavy (non-hydrogen) atoms. The molecule has 0 bridgehead atoms. The van der Waals surface area contributed by atoms with Crippen LogP contribution < -0.4 is 4.31 Å². The number of carbonyl (C=O) groups is 1. The molecule has 0 aliphatic carbocycles. The zero-order valence-corrected chi connectivity index (χ0v) is 10.7. The van der Waals surface area contributed by atoms with Crippen molar-refractivity contribution in [3.8, 4) is 0 Å². The third-order valence-corrected chi connectivity index (χ3v) is 3.87. The van der Waals surface area contributed by atoms with E-state index in [1.807, 2.05) is 19.2 Å². The molecular weight excluding hydrogens is 236 g/mol. The predicted octanol–water partition coefficient (Wildman–Crippen LogP) is 2.66. The van der Waals surface area contributed by atoms with Gasteiger partial charge in [-0.15, -0.1) is 0 Å². The molecule has 0 amide bonds. The average Bonchev–Trinajstić information content (AvgIpc) is 2.37. The van der Waals surface area contributed by atoms with Crippen molar-refractivity contribution in [1.29, 1.82) is 0 Å². The Morgan fingerprint density at radius 1 is 1.53 bits per heavy atom. The maximum absolute atomic E-state index is 11.8. The maximum Gasteiger partial charge on any atom is 0.190 e. The van der Waals surface area contributed by atoms with Crippen LogP contribution >= 0.6 is 11.9 Å². The fraction of sp³-hybridized carbons (Fsp3) is 0.417. The number of anilines is 1. The second-order valence-corrected chi connectivity index (χ2v) is 5.28. The molecule has 90 valence electrons. The van der Waals surface area contributed by atoms with Crippen LogP contribution in [0.1, 0.15) is 22.8 Å². The molecule has 0 N–H and O–H groups in total. The lowest BCUT2D eigenvalue weighted by Gasteiger charge is -2.26. The highest BCUT2D eigenvalue weighted by Gasteiger charge is 2.19. The predicted molar refractivity (Wildman–Crippen MR) is 70.6 cm³/mol. The van der Waals surface area contributed by atoms with E-state index in [1.165, 1.54) is 6.92 Å². The van der Waals surface area contributed by atoms with Gasteiger partial charge >= 0.3 is 0 Å². The third-order valence-electron chi connectivity index (χ3n) is 2.90. The van der Waals surface area contributed by atoms with Crippen molar-refractivity contribution in [3.63, 3.8) is 0 Å². The Labute approximate surface area is 104 Å². The molecule has 1 aromatic rings. The molecule has 0 saturated carbocycles. The number of nitrogens with zero attached hydrogens (tertiary/aromatic N) is 2. The molecule has 1 aromatic carbocycles. The minimum Gasteiger partial charge on any atom is -0.319 e. The van der Waals surface area contributed by atoms with Gasteiger partial charge in [-0.3, -0.25) is 4.79 Å². The zero-order chi connectivity index (χ0) is 12.4. The summed E-state index contributed by atoms with van der Waals surface area (Å²) < 4.78 is 2.11. The number of nitroso groups, excluding NO2 is 1.